The van der Waals surface area contributed by atoms with Gasteiger partial charge in [0.25, 0.3) is 0 Å². The monoisotopic (exact) mass is 510 g/mol. The van der Waals surface area contributed by atoms with Crippen molar-refractivity contribution >= 4 is 47.4 Å². The Kier molecular flexibility index (Phi) is 41.3. The SMILES string of the molecule is C=C(C)[C@@H](C)CCC1SCCCS1.CCCC.CCCC.CCCC.[Sn]. The maximum atomic E-state index is 4.01. The minimum atomic E-state index is 0. The van der Waals surface area contributed by atoms with E-state index in [9.17, 15) is 0 Å². The molecule has 0 aliphatic carbocycles. The number of hydrogen-bond donors (Lipinski definition) is 0. The fourth-order valence-corrected chi connectivity index (χ4v) is 4.23. The third-order valence-electron chi connectivity index (χ3n) is 4.07. The molecule has 0 saturated carbocycles. The van der Waals surface area contributed by atoms with Gasteiger partial charge < -0.3 is 0 Å². The molecule has 0 unspecified atom stereocenters. The third-order valence-corrected chi connectivity index (χ3v) is 7.15. The summed E-state index contributed by atoms with van der Waals surface area (Å²) < 4.78 is 0.871. The quantitative estimate of drug-likeness (QED) is 0.248. The molecule has 0 nitrogen and oxygen atoms in total. The Balaban J connectivity index is -0.000000155. The fraction of sp³-hybridized carbons (Fsp3) is 0.913. The molecule has 1 aliphatic rings. The zero-order chi connectivity index (χ0) is 19.9. The van der Waals surface area contributed by atoms with Gasteiger partial charge in [-0.25, -0.2) is 0 Å². The van der Waals surface area contributed by atoms with Crippen molar-refractivity contribution in [2.75, 3.05) is 11.5 Å². The summed E-state index contributed by atoms with van der Waals surface area (Å²) in [6.45, 7) is 21.5. The van der Waals surface area contributed by atoms with Crippen LogP contribution in [0.15, 0.2) is 12.2 Å². The molecule has 0 aromatic heterocycles. The second-order valence-corrected chi connectivity index (χ2v) is 9.77. The van der Waals surface area contributed by atoms with E-state index < -0.39 is 0 Å². The largest absolute Gasteiger partial charge is 0.148 e. The van der Waals surface area contributed by atoms with Crippen LogP contribution >= 0.6 is 23.5 Å². The number of allylic oxidation sites excluding steroid dienone is 1. The van der Waals surface area contributed by atoms with E-state index in [1.54, 1.807) is 0 Å². The molecule has 1 fully saturated rings. The van der Waals surface area contributed by atoms with E-state index in [2.05, 4.69) is 85.5 Å². The van der Waals surface area contributed by atoms with Crippen molar-refractivity contribution in [3.8, 4) is 0 Å². The van der Waals surface area contributed by atoms with Crippen LogP contribution in [0.25, 0.3) is 0 Å². The van der Waals surface area contributed by atoms with Crippen LogP contribution in [0.3, 0.4) is 0 Å². The van der Waals surface area contributed by atoms with E-state index in [1.165, 1.54) is 74.9 Å². The standard InChI is InChI=1S/C11H20S2.3C4H10.Sn/c1-9(2)10(3)5-6-11-12-7-4-8-13-11;3*1-3-4-2;/h10-11H,1,4-8H2,2-3H3;3*3-4H2,1-2H3;/t10-;;;;/m0..../s1. The van der Waals surface area contributed by atoms with Crippen molar-refractivity contribution < 1.29 is 0 Å². The van der Waals surface area contributed by atoms with Crippen molar-refractivity contribution in [2.24, 2.45) is 5.92 Å². The van der Waals surface area contributed by atoms with Gasteiger partial charge in [-0.2, -0.15) is 0 Å². The van der Waals surface area contributed by atoms with E-state index in [4.69, 9.17) is 0 Å². The number of unbranched alkanes of at least 4 members (excludes halogenated alkanes) is 3. The molecular weight excluding hydrogens is 459 g/mol. The Bertz CT molecular complexity index is 223. The summed E-state index contributed by atoms with van der Waals surface area (Å²) in [5.74, 6) is 3.46. The van der Waals surface area contributed by atoms with Gasteiger partial charge in [-0.1, -0.05) is 99.1 Å². The fourth-order valence-electron chi connectivity index (χ4n) is 1.34. The molecule has 1 atom stereocenters. The van der Waals surface area contributed by atoms with Gasteiger partial charge in [0.15, 0.2) is 0 Å². The summed E-state index contributed by atoms with van der Waals surface area (Å²) >= 11 is 4.30. The zero-order valence-electron chi connectivity index (χ0n) is 19.5. The molecule has 158 valence electrons. The summed E-state index contributed by atoms with van der Waals surface area (Å²) in [7, 11) is 0. The Morgan fingerprint density at radius 3 is 1.46 bits per heavy atom. The Morgan fingerprint density at radius 1 is 0.846 bits per heavy atom. The van der Waals surface area contributed by atoms with Gasteiger partial charge in [-0.05, 0) is 43.6 Å². The summed E-state index contributed by atoms with van der Waals surface area (Å²) in [4.78, 5) is 0. The van der Waals surface area contributed by atoms with Crippen LogP contribution in [0.1, 0.15) is 113 Å². The summed E-state index contributed by atoms with van der Waals surface area (Å²) in [5, 5.41) is 0. The maximum absolute atomic E-state index is 4.01. The van der Waals surface area contributed by atoms with Crippen molar-refractivity contribution in [3.63, 3.8) is 0 Å². The van der Waals surface area contributed by atoms with Gasteiger partial charge >= 0.3 is 0 Å². The van der Waals surface area contributed by atoms with Crippen LogP contribution in [-0.4, -0.2) is 40.0 Å². The van der Waals surface area contributed by atoms with E-state index in [1.807, 2.05) is 0 Å². The molecule has 0 N–H and O–H groups in total. The molecule has 0 spiro atoms. The van der Waals surface area contributed by atoms with Gasteiger partial charge in [0.05, 0.1) is 4.58 Å². The summed E-state index contributed by atoms with van der Waals surface area (Å²) in [6.07, 6.45) is 12.0. The smallest absolute Gasteiger partial charge is 0.0502 e. The van der Waals surface area contributed by atoms with Crippen molar-refractivity contribution in [1.29, 1.82) is 0 Å². The van der Waals surface area contributed by atoms with E-state index in [-0.39, 0.29) is 23.9 Å². The second-order valence-electron chi connectivity index (χ2n) is 6.85. The van der Waals surface area contributed by atoms with E-state index in [0.717, 1.165) is 4.58 Å². The average molecular weight is 509 g/mol. The number of hydrogen-bond acceptors (Lipinski definition) is 2. The van der Waals surface area contributed by atoms with Crippen LogP contribution in [-0.2, 0) is 0 Å². The molecule has 4 radical (unpaired) electrons. The summed E-state index contributed by atoms with van der Waals surface area (Å²) in [6, 6.07) is 0. The molecule has 0 aromatic rings. The maximum Gasteiger partial charge on any atom is 0.0502 e. The van der Waals surface area contributed by atoms with Crippen LogP contribution in [0.2, 0.25) is 0 Å². The van der Waals surface area contributed by atoms with Crippen LogP contribution < -0.4 is 0 Å². The summed E-state index contributed by atoms with van der Waals surface area (Å²) in [5.41, 5.74) is 1.34. The predicted molar refractivity (Wildman–Crippen MR) is 134 cm³/mol. The van der Waals surface area contributed by atoms with Crippen LogP contribution in [0.4, 0.5) is 0 Å². The molecular formula is C23H50S2Sn. The van der Waals surface area contributed by atoms with Crippen LogP contribution in [0, 0.1) is 5.92 Å². The third kappa shape index (κ3) is 32.9. The van der Waals surface area contributed by atoms with Crippen molar-refractivity contribution in [2.45, 2.75) is 118 Å². The van der Waals surface area contributed by atoms with E-state index in [0.29, 0.717) is 5.92 Å². The Morgan fingerprint density at radius 2 is 1.19 bits per heavy atom. The first-order valence-electron chi connectivity index (χ1n) is 10.8. The minimum absolute atomic E-state index is 0. The zero-order valence-corrected chi connectivity index (χ0v) is 23.9. The van der Waals surface area contributed by atoms with Gasteiger partial charge in [0, 0.05) is 23.9 Å². The van der Waals surface area contributed by atoms with E-state index >= 15 is 0 Å². The number of thioether (sulfide) groups is 2. The average Bonchev–Trinajstić information content (AvgIpc) is 2.67. The normalized spacial score (nSPS) is 14.2. The Hall–Kier alpha value is 1.24. The van der Waals surface area contributed by atoms with Crippen LogP contribution in [0.5, 0.6) is 0 Å². The number of rotatable bonds is 7. The molecule has 3 heteroatoms. The molecule has 1 rings (SSSR count). The topological polar surface area (TPSA) is 0 Å². The molecule has 1 heterocycles. The van der Waals surface area contributed by atoms with Gasteiger partial charge in [0.1, 0.15) is 0 Å². The van der Waals surface area contributed by atoms with Crippen molar-refractivity contribution in [1.82, 2.24) is 0 Å². The molecule has 1 saturated heterocycles. The first-order chi connectivity index (χ1) is 11.9. The molecule has 0 bridgehead atoms. The Labute approximate surface area is 193 Å². The molecule has 0 amide bonds. The first kappa shape index (κ1) is 34.7. The van der Waals surface area contributed by atoms with Gasteiger partial charge in [-0.3, -0.25) is 0 Å². The predicted octanol–water partition coefficient (Wildman–Crippen LogP) is 9.21. The molecule has 26 heavy (non-hydrogen) atoms. The second kappa shape index (κ2) is 30.9. The van der Waals surface area contributed by atoms with Gasteiger partial charge in [-0.15, -0.1) is 23.5 Å². The van der Waals surface area contributed by atoms with Crippen molar-refractivity contribution in [3.05, 3.63) is 12.2 Å². The van der Waals surface area contributed by atoms with Gasteiger partial charge in [0.2, 0.25) is 0 Å². The minimum Gasteiger partial charge on any atom is -0.148 e. The molecule has 0 aromatic carbocycles. The first-order valence-corrected chi connectivity index (χ1v) is 12.9. The molecule has 1 aliphatic heterocycles.